The first-order valence-corrected chi connectivity index (χ1v) is 10.9. The van der Waals surface area contributed by atoms with Gasteiger partial charge < -0.3 is 15.1 Å². The summed E-state index contributed by atoms with van der Waals surface area (Å²) in [6.45, 7) is 8.96. The lowest BCUT2D eigenvalue weighted by Gasteiger charge is -2.38. The number of amides is 2. The van der Waals surface area contributed by atoms with Gasteiger partial charge in [-0.2, -0.15) is 0 Å². The lowest BCUT2D eigenvalue weighted by Crippen LogP contribution is -2.48. The summed E-state index contributed by atoms with van der Waals surface area (Å²) in [7, 11) is 0. The van der Waals surface area contributed by atoms with Gasteiger partial charge in [-0.15, -0.1) is 0 Å². The highest BCUT2D eigenvalue weighted by Crippen LogP contribution is 2.27. The minimum atomic E-state index is -0.510. The molecule has 31 heavy (non-hydrogen) atoms. The largest absolute Gasteiger partial charge is 0.369 e. The molecule has 2 fully saturated rings. The second-order valence-corrected chi connectivity index (χ2v) is 8.43. The van der Waals surface area contributed by atoms with Gasteiger partial charge in [-0.05, 0) is 62.7 Å². The second kappa shape index (κ2) is 9.06. The van der Waals surface area contributed by atoms with Crippen molar-refractivity contribution < 1.29 is 14.0 Å². The predicted molar refractivity (Wildman–Crippen MR) is 121 cm³/mol. The molecule has 0 bridgehead atoms. The lowest BCUT2D eigenvalue weighted by atomic mass is 10.1. The van der Waals surface area contributed by atoms with Crippen molar-refractivity contribution in [2.24, 2.45) is 0 Å². The predicted octanol–water partition coefficient (Wildman–Crippen LogP) is 3.74. The van der Waals surface area contributed by atoms with Crippen molar-refractivity contribution in [3.05, 3.63) is 53.8 Å². The number of piperazine rings is 1. The van der Waals surface area contributed by atoms with E-state index in [9.17, 15) is 14.0 Å². The van der Waals surface area contributed by atoms with E-state index in [2.05, 4.69) is 29.0 Å². The maximum Gasteiger partial charge on any atom is 0.255 e. The van der Waals surface area contributed by atoms with Crippen LogP contribution in [0.25, 0.3) is 0 Å². The maximum absolute atomic E-state index is 14.5. The first kappa shape index (κ1) is 21.3. The zero-order chi connectivity index (χ0) is 22.0. The van der Waals surface area contributed by atoms with Crippen molar-refractivity contribution >= 4 is 28.9 Å². The zero-order valence-corrected chi connectivity index (χ0v) is 18.1. The van der Waals surface area contributed by atoms with Gasteiger partial charge in [0, 0.05) is 62.1 Å². The molecule has 0 spiro atoms. The van der Waals surface area contributed by atoms with Gasteiger partial charge in [0.25, 0.3) is 5.91 Å². The summed E-state index contributed by atoms with van der Waals surface area (Å²) in [5.41, 5.74) is 2.25. The molecule has 2 aliphatic heterocycles. The van der Waals surface area contributed by atoms with E-state index in [4.69, 9.17) is 0 Å². The second-order valence-electron chi connectivity index (χ2n) is 8.43. The summed E-state index contributed by atoms with van der Waals surface area (Å²) < 4.78 is 14.5. The summed E-state index contributed by atoms with van der Waals surface area (Å²) in [5, 5.41) is 2.74. The van der Waals surface area contributed by atoms with E-state index in [-0.39, 0.29) is 17.5 Å². The summed E-state index contributed by atoms with van der Waals surface area (Å²) in [6.07, 6.45) is 1.18. The van der Waals surface area contributed by atoms with Crippen LogP contribution in [0.15, 0.2) is 42.5 Å². The lowest BCUT2D eigenvalue weighted by molar-refractivity contribution is -0.117. The highest BCUT2D eigenvalue weighted by Gasteiger charge is 2.24. The Bertz CT molecular complexity index is 953. The molecule has 2 aromatic carbocycles. The fraction of sp³-hybridized carbons (Fsp3) is 0.417. The number of nitrogens with zero attached hydrogens (tertiary/aromatic N) is 3. The van der Waals surface area contributed by atoms with Gasteiger partial charge >= 0.3 is 0 Å². The Balaban J connectivity index is 1.38. The average molecular weight is 425 g/mol. The molecule has 7 heteroatoms. The molecule has 0 aliphatic carbocycles. The van der Waals surface area contributed by atoms with Crippen LogP contribution in [0.1, 0.15) is 37.0 Å². The van der Waals surface area contributed by atoms with E-state index >= 15 is 0 Å². The molecule has 4 rings (SSSR count). The molecule has 2 aromatic rings. The van der Waals surface area contributed by atoms with Gasteiger partial charge in [0.05, 0.1) is 5.69 Å². The normalized spacial score (nSPS) is 17.5. The first-order chi connectivity index (χ1) is 14.9. The Hall–Kier alpha value is -2.93. The molecule has 2 amide bonds. The fourth-order valence-corrected chi connectivity index (χ4v) is 4.23. The quantitative estimate of drug-likeness (QED) is 0.795. The van der Waals surface area contributed by atoms with E-state index in [1.807, 2.05) is 12.1 Å². The zero-order valence-electron chi connectivity index (χ0n) is 18.1. The van der Waals surface area contributed by atoms with Crippen LogP contribution in [0.3, 0.4) is 0 Å². The number of anilines is 3. The minimum Gasteiger partial charge on any atom is -0.369 e. The molecular formula is C24H29FN4O2. The van der Waals surface area contributed by atoms with Gasteiger partial charge in [-0.25, -0.2) is 4.39 Å². The molecule has 0 unspecified atom stereocenters. The SMILES string of the molecule is CC(C)N1CCN(c2ccc(C(=O)Nc3ccc(N4CCCC4=O)c(F)c3)cc2)CC1. The molecule has 6 nitrogen and oxygen atoms in total. The van der Waals surface area contributed by atoms with Crippen LogP contribution >= 0.6 is 0 Å². The van der Waals surface area contributed by atoms with Gasteiger partial charge in [0.15, 0.2) is 0 Å². The molecular weight excluding hydrogens is 395 g/mol. The third kappa shape index (κ3) is 4.71. The number of halogens is 1. The number of rotatable bonds is 5. The van der Waals surface area contributed by atoms with Crippen molar-refractivity contribution in [2.75, 3.05) is 47.8 Å². The van der Waals surface area contributed by atoms with Crippen LogP contribution in [-0.2, 0) is 4.79 Å². The molecule has 2 saturated heterocycles. The molecule has 0 saturated carbocycles. The van der Waals surface area contributed by atoms with Crippen LogP contribution in [0.4, 0.5) is 21.5 Å². The standard InChI is InChI=1S/C24H29FN4O2/c1-17(2)27-12-14-28(15-13-27)20-8-5-18(6-9-20)24(31)26-19-7-10-22(21(25)16-19)29-11-3-4-23(29)30/h5-10,16-17H,3-4,11-15H2,1-2H3,(H,26,31). The van der Waals surface area contributed by atoms with Crippen molar-refractivity contribution in [1.82, 2.24) is 4.90 Å². The monoisotopic (exact) mass is 424 g/mol. The van der Waals surface area contributed by atoms with E-state index in [1.165, 1.54) is 11.0 Å². The third-order valence-corrected chi connectivity index (χ3v) is 6.11. The Morgan fingerprint density at radius 1 is 1.00 bits per heavy atom. The topological polar surface area (TPSA) is 55.9 Å². The van der Waals surface area contributed by atoms with E-state index in [0.717, 1.165) is 38.3 Å². The highest BCUT2D eigenvalue weighted by atomic mass is 19.1. The maximum atomic E-state index is 14.5. The summed E-state index contributed by atoms with van der Waals surface area (Å²) in [5.74, 6) is -0.870. The van der Waals surface area contributed by atoms with Gasteiger partial charge in [0.1, 0.15) is 5.82 Å². The summed E-state index contributed by atoms with van der Waals surface area (Å²) >= 11 is 0. The minimum absolute atomic E-state index is 0.0682. The van der Waals surface area contributed by atoms with Gasteiger partial charge in [-0.1, -0.05) is 0 Å². The first-order valence-electron chi connectivity index (χ1n) is 10.9. The summed E-state index contributed by atoms with van der Waals surface area (Å²) in [6, 6.07) is 12.5. The Morgan fingerprint density at radius 3 is 2.29 bits per heavy atom. The molecule has 0 radical (unpaired) electrons. The molecule has 0 atom stereocenters. The van der Waals surface area contributed by atoms with Crippen molar-refractivity contribution in [1.29, 1.82) is 0 Å². The van der Waals surface area contributed by atoms with E-state index in [0.29, 0.717) is 30.3 Å². The van der Waals surface area contributed by atoms with Gasteiger partial charge in [-0.3, -0.25) is 14.5 Å². The smallest absolute Gasteiger partial charge is 0.255 e. The van der Waals surface area contributed by atoms with Gasteiger partial charge in [0.2, 0.25) is 5.91 Å². The van der Waals surface area contributed by atoms with Crippen molar-refractivity contribution in [3.63, 3.8) is 0 Å². The van der Waals surface area contributed by atoms with Crippen molar-refractivity contribution in [2.45, 2.75) is 32.7 Å². The summed E-state index contributed by atoms with van der Waals surface area (Å²) in [4.78, 5) is 30.7. The third-order valence-electron chi connectivity index (χ3n) is 6.11. The van der Waals surface area contributed by atoms with Crippen LogP contribution in [0, 0.1) is 5.82 Å². The van der Waals surface area contributed by atoms with Crippen molar-refractivity contribution in [3.8, 4) is 0 Å². The van der Waals surface area contributed by atoms with Crippen LogP contribution in [0.2, 0.25) is 0 Å². The Labute approximate surface area is 182 Å². The number of nitrogens with one attached hydrogen (secondary N) is 1. The molecule has 2 aliphatic rings. The van der Waals surface area contributed by atoms with E-state index < -0.39 is 5.82 Å². The molecule has 164 valence electrons. The molecule has 0 aromatic heterocycles. The van der Waals surface area contributed by atoms with Crippen LogP contribution in [-0.4, -0.2) is 55.5 Å². The van der Waals surface area contributed by atoms with E-state index in [1.54, 1.807) is 24.3 Å². The number of carbonyl (C=O) groups is 2. The number of benzene rings is 2. The highest BCUT2D eigenvalue weighted by molar-refractivity contribution is 6.04. The fourth-order valence-electron chi connectivity index (χ4n) is 4.23. The van der Waals surface area contributed by atoms with Crippen LogP contribution in [0.5, 0.6) is 0 Å². The Kier molecular flexibility index (Phi) is 6.23. The van der Waals surface area contributed by atoms with Crippen LogP contribution < -0.4 is 15.1 Å². The number of hydrogen-bond acceptors (Lipinski definition) is 4. The average Bonchev–Trinajstić information content (AvgIpc) is 3.19. The molecule has 1 N–H and O–H groups in total. The Morgan fingerprint density at radius 2 is 1.71 bits per heavy atom. The molecule has 2 heterocycles. The number of carbonyl (C=O) groups excluding carboxylic acids is 2. The number of hydrogen-bond donors (Lipinski definition) is 1.